The Morgan fingerprint density at radius 1 is 1.25 bits per heavy atom. The van der Waals surface area contributed by atoms with Gasteiger partial charge in [0.25, 0.3) is 0 Å². The number of rotatable bonds is 1. The minimum absolute atomic E-state index is 1.01. The Kier molecular flexibility index (Phi) is 2.11. The normalized spacial score (nSPS) is 22.2. The van der Waals surface area contributed by atoms with Crippen LogP contribution in [0.25, 0.3) is 0 Å². The van der Waals surface area contributed by atoms with E-state index in [0.29, 0.717) is 0 Å². The standard InChI is InChI=1S/C11H15O/c1-2-10-7-8-11(12-10)9-5-3-4-6-9/h7-8H,2-6H2,1H3/q+1. The van der Waals surface area contributed by atoms with Crippen LogP contribution in [0.4, 0.5) is 0 Å². The van der Waals surface area contributed by atoms with Crippen molar-refractivity contribution in [2.24, 2.45) is 0 Å². The first-order valence-electron chi connectivity index (χ1n) is 4.84. The molecule has 2 rings (SSSR count). The van der Waals surface area contributed by atoms with E-state index in [1.807, 2.05) is 0 Å². The van der Waals surface area contributed by atoms with Crippen LogP contribution >= 0.6 is 0 Å². The highest BCUT2D eigenvalue weighted by Gasteiger charge is 2.23. The number of hydrogen-bond acceptors (Lipinski definition) is 0. The van der Waals surface area contributed by atoms with Crippen LogP contribution in [0.5, 0.6) is 0 Å². The second kappa shape index (κ2) is 3.26. The van der Waals surface area contributed by atoms with Crippen molar-refractivity contribution in [1.29, 1.82) is 0 Å². The maximum absolute atomic E-state index is 5.68. The molecule has 1 aliphatic carbocycles. The van der Waals surface area contributed by atoms with Gasteiger partial charge in [-0.1, -0.05) is 6.92 Å². The summed E-state index contributed by atoms with van der Waals surface area (Å²) in [6.07, 6.45) is 10.4. The largest absolute Gasteiger partial charge is 0.352 e. The van der Waals surface area contributed by atoms with Gasteiger partial charge in [0.1, 0.15) is 0 Å². The van der Waals surface area contributed by atoms with E-state index in [-0.39, 0.29) is 0 Å². The molecule has 12 heavy (non-hydrogen) atoms. The molecule has 1 aliphatic heterocycles. The van der Waals surface area contributed by atoms with Gasteiger partial charge in [-0.15, -0.1) is 0 Å². The average Bonchev–Trinajstić information content (AvgIpc) is 2.75. The average molecular weight is 163 g/mol. The molecule has 0 N–H and O–H groups in total. The first kappa shape index (κ1) is 7.78. The fourth-order valence-electron chi connectivity index (χ4n) is 1.81. The summed E-state index contributed by atoms with van der Waals surface area (Å²) < 4.78 is 5.68. The van der Waals surface area contributed by atoms with Crippen LogP contribution in [0.2, 0.25) is 0 Å². The van der Waals surface area contributed by atoms with Gasteiger partial charge in [-0.3, -0.25) is 0 Å². The summed E-state index contributed by atoms with van der Waals surface area (Å²) in [6, 6.07) is 0. The highest BCUT2D eigenvalue weighted by Crippen LogP contribution is 2.28. The van der Waals surface area contributed by atoms with Gasteiger partial charge in [-0.2, -0.15) is 0 Å². The SMILES string of the molecule is CCC1=[O+]C(=C2CCCC2)C=C1. The van der Waals surface area contributed by atoms with E-state index in [1.54, 1.807) is 0 Å². The van der Waals surface area contributed by atoms with Gasteiger partial charge in [0, 0.05) is 11.6 Å². The molecule has 0 aromatic rings. The lowest BCUT2D eigenvalue weighted by Gasteiger charge is -1.86. The van der Waals surface area contributed by atoms with E-state index in [4.69, 9.17) is 4.42 Å². The fourth-order valence-corrected chi connectivity index (χ4v) is 1.81. The smallest absolute Gasteiger partial charge is 0.213 e. The summed E-state index contributed by atoms with van der Waals surface area (Å²) in [5.41, 5.74) is 1.52. The maximum Gasteiger partial charge on any atom is 0.352 e. The van der Waals surface area contributed by atoms with Crippen LogP contribution in [0.3, 0.4) is 0 Å². The summed E-state index contributed by atoms with van der Waals surface area (Å²) in [7, 11) is 0. The molecule has 2 aliphatic rings. The molecule has 0 bridgehead atoms. The Hall–Kier alpha value is -0.850. The second-order valence-corrected chi connectivity index (χ2v) is 3.43. The lowest BCUT2D eigenvalue weighted by atomic mass is 10.2. The van der Waals surface area contributed by atoms with E-state index in [0.717, 1.165) is 18.0 Å². The van der Waals surface area contributed by atoms with Crippen LogP contribution in [-0.4, -0.2) is 5.78 Å². The van der Waals surface area contributed by atoms with Crippen molar-refractivity contribution in [3.8, 4) is 0 Å². The van der Waals surface area contributed by atoms with E-state index in [9.17, 15) is 0 Å². The molecule has 1 heteroatoms. The number of hydrogen-bond donors (Lipinski definition) is 0. The minimum atomic E-state index is 1.01. The summed E-state index contributed by atoms with van der Waals surface area (Å²) in [4.78, 5) is 0. The third-order valence-electron chi connectivity index (χ3n) is 2.57. The lowest BCUT2D eigenvalue weighted by Crippen LogP contribution is -1.89. The van der Waals surface area contributed by atoms with E-state index < -0.39 is 0 Å². The lowest BCUT2D eigenvalue weighted by molar-refractivity contribution is -0.389. The number of ketones is 1. The van der Waals surface area contributed by atoms with Crippen LogP contribution in [0.15, 0.2) is 23.5 Å². The monoisotopic (exact) mass is 163 g/mol. The topological polar surface area (TPSA) is 11.3 Å². The zero-order chi connectivity index (χ0) is 8.39. The molecule has 0 saturated heterocycles. The summed E-state index contributed by atoms with van der Waals surface area (Å²) >= 11 is 0. The van der Waals surface area contributed by atoms with Crippen molar-refractivity contribution < 1.29 is 4.42 Å². The van der Waals surface area contributed by atoms with Gasteiger partial charge in [0.05, 0.1) is 12.5 Å². The van der Waals surface area contributed by atoms with E-state index in [2.05, 4.69) is 19.1 Å². The molecule has 0 radical (unpaired) electrons. The van der Waals surface area contributed by atoms with Crippen LogP contribution < -0.4 is 0 Å². The first-order valence-corrected chi connectivity index (χ1v) is 4.84. The molecule has 0 aromatic heterocycles. The van der Waals surface area contributed by atoms with Crippen molar-refractivity contribution in [2.75, 3.05) is 0 Å². The second-order valence-electron chi connectivity index (χ2n) is 3.43. The van der Waals surface area contributed by atoms with Gasteiger partial charge in [0.15, 0.2) is 0 Å². The van der Waals surface area contributed by atoms with E-state index >= 15 is 0 Å². The first-order chi connectivity index (χ1) is 5.90. The van der Waals surface area contributed by atoms with Crippen LogP contribution in [-0.2, 0) is 4.42 Å². The zero-order valence-electron chi connectivity index (χ0n) is 7.60. The zero-order valence-corrected chi connectivity index (χ0v) is 7.60. The van der Waals surface area contributed by atoms with Crippen molar-refractivity contribution in [1.82, 2.24) is 0 Å². The Morgan fingerprint density at radius 2 is 2.00 bits per heavy atom. The molecule has 0 amide bonds. The van der Waals surface area contributed by atoms with Crippen LogP contribution in [0, 0.1) is 0 Å². The predicted molar refractivity (Wildman–Crippen MR) is 49.9 cm³/mol. The van der Waals surface area contributed by atoms with Gasteiger partial charge in [0.2, 0.25) is 0 Å². The maximum atomic E-state index is 5.68. The van der Waals surface area contributed by atoms with Gasteiger partial charge in [-0.25, -0.2) is 4.42 Å². The molecular weight excluding hydrogens is 148 g/mol. The number of allylic oxidation sites excluding steroid dienone is 3. The van der Waals surface area contributed by atoms with Crippen molar-refractivity contribution in [2.45, 2.75) is 39.0 Å². The Bertz CT molecular complexity index is 261. The Morgan fingerprint density at radius 3 is 2.58 bits per heavy atom. The van der Waals surface area contributed by atoms with Gasteiger partial charge in [-0.05, 0) is 25.7 Å². The Labute approximate surface area is 73.5 Å². The van der Waals surface area contributed by atoms with Crippen molar-refractivity contribution in [3.05, 3.63) is 23.5 Å². The molecule has 0 spiro atoms. The Balaban J connectivity index is 2.21. The predicted octanol–water partition coefficient (Wildman–Crippen LogP) is 2.90. The fraction of sp³-hybridized carbons (Fsp3) is 0.545. The summed E-state index contributed by atoms with van der Waals surface area (Å²) in [5, 5.41) is 0. The van der Waals surface area contributed by atoms with E-state index in [1.165, 1.54) is 31.3 Å². The number of carbonyl (C=O) groups excluding carboxylic acids is 1. The quantitative estimate of drug-likeness (QED) is 0.527. The van der Waals surface area contributed by atoms with Gasteiger partial charge >= 0.3 is 11.5 Å². The summed E-state index contributed by atoms with van der Waals surface area (Å²) in [6.45, 7) is 2.13. The minimum Gasteiger partial charge on any atom is -0.213 e. The molecule has 1 saturated carbocycles. The van der Waals surface area contributed by atoms with Crippen molar-refractivity contribution >= 4 is 5.78 Å². The molecule has 0 atom stereocenters. The molecule has 0 aromatic carbocycles. The third kappa shape index (κ3) is 1.36. The van der Waals surface area contributed by atoms with Crippen LogP contribution in [0.1, 0.15) is 39.0 Å². The molecular formula is C11H15O+. The molecule has 1 nitrogen and oxygen atoms in total. The molecule has 0 unspecified atom stereocenters. The third-order valence-corrected chi connectivity index (χ3v) is 2.57. The molecule has 1 fully saturated rings. The van der Waals surface area contributed by atoms with Gasteiger partial charge < -0.3 is 0 Å². The highest BCUT2D eigenvalue weighted by atomic mass is 16.4. The highest BCUT2D eigenvalue weighted by molar-refractivity contribution is 5.91. The van der Waals surface area contributed by atoms with Crippen molar-refractivity contribution in [3.63, 3.8) is 0 Å². The summed E-state index contributed by atoms with van der Waals surface area (Å²) in [5.74, 6) is 2.26. The molecule has 64 valence electrons. The molecule has 1 heterocycles.